The molecule has 1 saturated heterocycles. The van der Waals surface area contributed by atoms with Crippen molar-refractivity contribution in [1.29, 1.82) is 0 Å². The number of aromatic amines is 1. The second-order valence-corrected chi connectivity index (χ2v) is 6.76. The van der Waals surface area contributed by atoms with Crippen LogP contribution in [-0.2, 0) is 4.74 Å². The maximum atomic E-state index is 13.3. The van der Waals surface area contributed by atoms with Crippen LogP contribution >= 0.6 is 0 Å². The van der Waals surface area contributed by atoms with Crippen LogP contribution in [0.5, 0.6) is 0 Å². The third-order valence-electron chi connectivity index (χ3n) is 5.19. The van der Waals surface area contributed by atoms with Gasteiger partial charge in [-0.3, -0.25) is 9.20 Å². The summed E-state index contributed by atoms with van der Waals surface area (Å²) in [6.45, 7) is 4.17. The number of nitrogens with one attached hydrogen (secondary N) is 1. The SMILES string of the molecule is COC(=O)c1c(C)[nH]c(C(=O)N2CCC[C@H]2c2nnc3ccccn23)c1C. The number of esters is 1. The summed E-state index contributed by atoms with van der Waals surface area (Å²) in [5.41, 5.74) is 2.84. The van der Waals surface area contributed by atoms with Gasteiger partial charge in [-0.2, -0.15) is 0 Å². The van der Waals surface area contributed by atoms with Gasteiger partial charge >= 0.3 is 5.97 Å². The number of likely N-dealkylation sites (tertiary alicyclic amines) is 1. The summed E-state index contributed by atoms with van der Waals surface area (Å²) < 4.78 is 6.76. The smallest absolute Gasteiger partial charge is 0.339 e. The van der Waals surface area contributed by atoms with Crippen molar-refractivity contribution in [2.24, 2.45) is 0 Å². The number of ether oxygens (including phenoxy) is 1. The number of methoxy groups -OCH3 is 1. The van der Waals surface area contributed by atoms with Gasteiger partial charge in [-0.25, -0.2) is 4.79 Å². The van der Waals surface area contributed by atoms with Gasteiger partial charge in [0.2, 0.25) is 0 Å². The molecule has 0 bridgehead atoms. The Morgan fingerprint density at radius 2 is 2.07 bits per heavy atom. The maximum absolute atomic E-state index is 13.3. The number of amides is 1. The largest absolute Gasteiger partial charge is 0.465 e. The Bertz CT molecular complexity index is 1040. The minimum absolute atomic E-state index is 0.138. The van der Waals surface area contributed by atoms with Crippen LogP contribution in [0.2, 0.25) is 0 Å². The van der Waals surface area contributed by atoms with Gasteiger partial charge in [0.25, 0.3) is 5.91 Å². The molecule has 0 aliphatic carbocycles. The van der Waals surface area contributed by atoms with Gasteiger partial charge in [-0.15, -0.1) is 10.2 Å². The van der Waals surface area contributed by atoms with E-state index in [1.165, 1.54) is 7.11 Å². The van der Waals surface area contributed by atoms with Crippen LogP contribution in [0.1, 0.15) is 56.8 Å². The molecule has 1 atom stereocenters. The number of rotatable bonds is 3. The molecule has 4 heterocycles. The molecule has 0 aromatic carbocycles. The third kappa shape index (κ3) is 2.68. The molecular formula is C19H21N5O3. The predicted molar refractivity (Wildman–Crippen MR) is 97.6 cm³/mol. The summed E-state index contributed by atoms with van der Waals surface area (Å²) in [5.74, 6) is 0.174. The number of hydrogen-bond acceptors (Lipinski definition) is 5. The van der Waals surface area contributed by atoms with Gasteiger partial charge in [0.05, 0.1) is 18.7 Å². The third-order valence-corrected chi connectivity index (χ3v) is 5.19. The van der Waals surface area contributed by atoms with Crippen LogP contribution < -0.4 is 0 Å². The van der Waals surface area contributed by atoms with Crippen LogP contribution in [0.3, 0.4) is 0 Å². The van der Waals surface area contributed by atoms with Crippen molar-refractivity contribution in [1.82, 2.24) is 24.5 Å². The Hall–Kier alpha value is -3.16. The minimum atomic E-state index is -0.443. The second-order valence-electron chi connectivity index (χ2n) is 6.76. The Morgan fingerprint density at radius 3 is 2.85 bits per heavy atom. The van der Waals surface area contributed by atoms with Crippen molar-refractivity contribution in [3.05, 3.63) is 52.7 Å². The summed E-state index contributed by atoms with van der Waals surface area (Å²) in [5, 5.41) is 8.53. The molecule has 0 unspecified atom stereocenters. The summed E-state index contributed by atoms with van der Waals surface area (Å²) in [7, 11) is 1.34. The molecule has 0 spiro atoms. The van der Waals surface area contributed by atoms with Gasteiger partial charge in [-0.1, -0.05) is 6.07 Å². The van der Waals surface area contributed by atoms with Crippen LogP contribution in [0.15, 0.2) is 24.4 Å². The lowest BCUT2D eigenvalue weighted by atomic mass is 10.1. The monoisotopic (exact) mass is 367 g/mol. The average Bonchev–Trinajstić information content (AvgIpc) is 3.37. The normalized spacial score (nSPS) is 16.9. The molecule has 3 aromatic heterocycles. The fraction of sp³-hybridized carbons (Fsp3) is 0.368. The number of fused-ring (bicyclic) bond motifs is 1. The molecule has 1 fully saturated rings. The van der Waals surface area contributed by atoms with Crippen LogP contribution in [0, 0.1) is 13.8 Å². The van der Waals surface area contributed by atoms with E-state index in [-0.39, 0.29) is 11.9 Å². The molecule has 27 heavy (non-hydrogen) atoms. The summed E-state index contributed by atoms with van der Waals surface area (Å²) in [4.78, 5) is 30.2. The van der Waals surface area contributed by atoms with Gasteiger partial charge in [0, 0.05) is 18.4 Å². The van der Waals surface area contributed by atoms with E-state index in [2.05, 4.69) is 15.2 Å². The molecule has 1 N–H and O–H groups in total. The number of aromatic nitrogens is 4. The summed E-state index contributed by atoms with van der Waals surface area (Å²) >= 11 is 0. The molecule has 0 radical (unpaired) electrons. The van der Waals surface area contributed by atoms with Gasteiger partial charge in [-0.05, 0) is 44.4 Å². The van der Waals surface area contributed by atoms with Gasteiger partial charge in [0.15, 0.2) is 11.5 Å². The molecule has 8 nitrogen and oxygen atoms in total. The Morgan fingerprint density at radius 1 is 1.26 bits per heavy atom. The number of nitrogens with zero attached hydrogens (tertiary/aromatic N) is 4. The molecule has 1 aliphatic heterocycles. The zero-order valence-corrected chi connectivity index (χ0v) is 15.5. The highest BCUT2D eigenvalue weighted by atomic mass is 16.5. The van der Waals surface area contributed by atoms with Crippen LogP contribution in [0.25, 0.3) is 5.65 Å². The first-order chi connectivity index (χ1) is 13.0. The highest BCUT2D eigenvalue weighted by Gasteiger charge is 2.36. The van der Waals surface area contributed by atoms with Crippen molar-refractivity contribution in [3.63, 3.8) is 0 Å². The van der Waals surface area contributed by atoms with Crippen molar-refractivity contribution >= 4 is 17.5 Å². The van der Waals surface area contributed by atoms with E-state index in [0.29, 0.717) is 29.1 Å². The van der Waals surface area contributed by atoms with Crippen molar-refractivity contribution in [3.8, 4) is 0 Å². The molecular weight excluding hydrogens is 346 g/mol. The molecule has 4 rings (SSSR count). The first-order valence-corrected chi connectivity index (χ1v) is 8.91. The summed E-state index contributed by atoms with van der Waals surface area (Å²) in [6.07, 6.45) is 3.62. The van der Waals surface area contributed by atoms with Crippen molar-refractivity contribution < 1.29 is 14.3 Å². The van der Waals surface area contributed by atoms with Crippen LogP contribution in [-0.4, -0.2) is 50.0 Å². The Kier molecular flexibility index (Phi) is 4.18. The summed E-state index contributed by atoms with van der Waals surface area (Å²) in [6, 6.07) is 5.56. The first kappa shape index (κ1) is 17.3. The van der Waals surface area contributed by atoms with E-state index in [4.69, 9.17) is 4.74 Å². The number of pyridine rings is 1. The van der Waals surface area contributed by atoms with E-state index in [9.17, 15) is 9.59 Å². The van der Waals surface area contributed by atoms with Crippen LogP contribution in [0.4, 0.5) is 0 Å². The zero-order chi connectivity index (χ0) is 19.1. The van der Waals surface area contributed by atoms with Gasteiger partial charge in [0.1, 0.15) is 5.69 Å². The lowest BCUT2D eigenvalue weighted by Crippen LogP contribution is -2.32. The van der Waals surface area contributed by atoms with E-state index >= 15 is 0 Å². The average molecular weight is 367 g/mol. The molecule has 140 valence electrons. The van der Waals surface area contributed by atoms with E-state index in [1.54, 1.807) is 13.8 Å². The quantitative estimate of drug-likeness (QED) is 0.718. The standard InChI is InChI=1S/C19H21N5O3/c1-11-15(19(26)27-3)12(2)20-16(11)18(25)23-10-6-7-13(23)17-22-21-14-8-4-5-9-24(14)17/h4-5,8-9,13,20H,6-7,10H2,1-3H3/t13-/m0/s1. The van der Waals surface area contributed by atoms with E-state index < -0.39 is 5.97 Å². The number of H-pyrrole nitrogens is 1. The number of aryl methyl sites for hydroxylation is 1. The predicted octanol–water partition coefficient (Wildman–Crippen LogP) is 2.44. The first-order valence-electron chi connectivity index (χ1n) is 8.91. The Balaban J connectivity index is 1.71. The highest BCUT2D eigenvalue weighted by molar-refractivity contribution is 6.00. The lowest BCUT2D eigenvalue weighted by molar-refractivity contribution is 0.0599. The fourth-order valence-corrected chi connectivity index (χ4v) is 3.88. The number of carbonyl (C=O) groups excluding carboxylic acids is 2. The molecule has 8 heteroatoms. The lowest BCUT2D eigenvalue weighted by Gasteiger charge is -2.23. The topological polar surface area (TPSA) is 92.6 Å². The van der Waals surface area contributed by atoms with Crippen molar-refractivity contribution in [2.75, 3.05) is 13.7 Å². The van der Waals surface area contributed by atoms with E-state index in [1.807, 2.05) is 33.7 Å². The van der Waals surface area contributed by atoms with Gasteiger partial charge < -0.3 is 14.6 Å². The Labute approximate surface area is 156 Å². The second kappa shape index (κ2) is 6.53. The molecule has 3 aromatic rings. The number of carbonyl (C=O) groups is 2. The minimum Gasteiger partial charge on any atom is -0.465 e. The highest BCUT2D eigenvalue weighted by Crippen LogP contribution is 2.33. The molecule has 1 aliphatic rings. The van der Waals surface area contributed by atoms with Crippen molar-refractivity contribution in [2.45, 2.75) is 32.7 Å². The maximum Gasteiger partial charge on any atom is 0.339 e. The van der Waals surface area contributed by atoms with E-state index in [0.717, 1.165) is 24.3 Å². The molecule has 1 amide bonds. The fourth-order valence-electron chi connectivity index (χ4n) is 3.88. The zero-order valence-electron chi connectivity index (χ0n) is 15.5. The number of hydrogen-bond donors (Lipinski definition) is 1. The molecule has 0 saturated carbocycles.